The first kappa shape index (κ1) is 10.6. The van der Waals surface area contributed by atoms with Gasteiger partial charge >= 0.3 is 6.36 Å². The number of benzene rings is 1. The normalized spacial score (nSPS) is 20.1. The van der Waals surface area contributed by atoms with Gasteiger partial charge in [-0.05, 0) is 17.7 Å². The molecule has 1 aliphatic heterocycles. The van der Waals surface area contributed by atoms with Crippen LogP contribution in [0, 0.1) is 0 Å². The molecule has 1 aromatic carbocycles. The molecule has 0 amide bonds. The van der Waals surface area contributed by atoms with E-state index in [0.717, 1.165) is 5.56 Å². The minimum absolute atomic E-state index is 0.0394. The molecule has 1 aromatic rings. The van der Waals surface area contributed by atoms with Crippen LogP contribution in [-0.4, -0.2) is 13.0 Å². The van der Waals surface area contributed by atoms with Crippen LogP contribution < -0.4 is 4.74 Å². The Morgan fingerprint density at radius 2 is 2.07 bits per heavy atom. The molecule has 0 spiro atoms. The Kier molecular flexibility index (Phi) is 2.52. The molecule has 15 heavy (non-hydrogen) atoms. The summed E-state index contributed by atoms with van der Waals surface area (Å²) in [6.45, 7) is 0.579. The summed E-state index contributed by atoms with van der Waals surface area (Å²) in [5.74, 6) is -0.395. The lowest BCUT2D eigenvalue weighted by atomic mass is 10.1. The molecular weight excluding hydrogens is 233 g/mol. The monoisotopic (exact) mass is 238 g/mol. The Hall–Kier alpha value is -0.940. The maximum absolute atomic E-state index is 11.9. The number of epoxide rings is 1. The van der Waals surface area contributed by atoms with E-state index in [1.807, 2.05) is 0 Å². The van der Waals surface area contributed by atoms with Crippen LogP contribution in [-0.2, 0) is 4.74 Å². The third-order valence-electron chi connectivity index (χ3n) is 1.89. The highest BCUT2D eigenvalue weighted by Gasteiger charge is 2.32. The molecule has 0 N–H and O–H groups in total. The van der Waals surface area contributed by atoms with Crippen molar-refractivity contribution in [2.45, 2.75) is 12.5 Å². The smallest absolute Gasteiger partial charge is 0.404 e. The lowest BCUT2D eigenvalue weighted by Gasteiger charge is -2.10. The fourth-order valence-corrected chi connectivity index (χ4v) is 1.39. The van der Waals surface area contributed by atoms with Crippen LogP contribution in [0.2, 0.25) is 5.02 Å². The van der Waals surface area contributed by atoms with Gasteiger partial charge in [-0.2, -0.15) is 0 Å². The summed E-state index contributed by atoms with van der Waals surface area (Å²) in [4.78, 5) is 0. The van der Waals surface area contributed by atoms with E-state index in [2.05, 4.69) is 4.74 Å². The Morgan fingerprint density at radius 3 is 2.53 bits per heavy atom. The molecule has 82 valence electrons. The molecule has 0 radical (unpaired) electrons. The molecule has 0 bridgehead atoms. The number of rotatable bonds is 2. The molecular formula is C9H6ClF3O2. The van der Waals surface area contributed by atoms with Gasteiger partial charge in [0.25, 0.3) is 0 Å². The van der Waals surface area contributed by atoms with Gasteiger partial charge in [0, 0.05) is 0 Å². The van der Waals surface area contributed by atoms with E-state index in [-0.39, 0.29) is 11.1 Å². The topological polar surface area (TPSA) is 21.8 Å². The van der Waals surface area contributed by atoms with E-state index in [0.29, 0.717) is 6.61 Å². The zero-order valence-corrected chi connectivity index (χ0v) is 8.10. The van der Waals surface area contributed by atoms with Gasteiger partial charge in [0.05, 0.1) is 11.6 Å². The van der Waals surface area contributed by atoms with E-state index < -0.39 is 12.1 Å². The van der Waals surface area contributed by atoms with Crippen molar-refractivity contribution >= 4 is 11.6 Å². The lowest BCUT2D eigenvalue weighted by Crippen LogP contribution is -2.17. The van der Waals surface area contributed by atoms with Crippen LogP contribution >= 0.6 is 11.6 Å². The number of alkyl halides is 3. The van der Waals surface area contributed by atoms with E-state index in [1.165, 1.54) is 18.2 Å². The van der Waals surface area contributed by atoms with Gasteiger partial charge in [-0.15, -0.1) is 13.2 Å². The SMILES string of the molecule is FC(F)(F)Oc1ccc([C@H]2CO2)cc1Cl. The fourth-order valence-electron chi connectivity index (χ4n) is 1.17. The standard InChI is InChI=1S/C9H6ClF3O2/c10-6-3-5(8-4-14-8)1-2-7(6)15-9(11,12)13/h1-3,8H,4H2/t8-/m1/s1. The lowest BCUT2D eigenvalue weighted by molar-refractivity contribution is -0.274. The van der Waals surface area contributed by atoms with Crippen molar-refractivity contribution in [3.63, 3.8) is 0 Å². The Balaban J connectivity index is 2.18. The predicted molar refractivity (Wildman–Crippen MR) is 46.8 cm³/mol. The summed E-state index contributed by atoms with van der Waals surface area (Å²) < 4.78 is 44.3. The van der Waals surface area contributed by atoms with Crippen LogP contribution in [0.4, 0.5) is 13.2 Å². The molecule has 0 saturated carbocycles. The first-order valence-corrected chi connectivity index (χ1v) is 4.50. The van der Waals surface area contributed by atoms with Gasteiger partial charge < -0.3 is 9.47 Å². The molecule has 2 nitrogen and oxygen atoms in total. The molecule has 0 unspecified atom stereocenters. The van der Waals surface area contributed by atoms with Crippen molar-refractivity contribution in [1.82, 2.24) is 0 Å². The number of hydrogen-bond donors (Lipinski definition) is 0. The molecule has 1 heterocycles. The van der Waals surface area contributed by atoms with E-state index in [1.54, 1.807) is 0 Å². The summed E-state index contributed by atoms with van der Waals surface area (Å²) in [5.41, 5.74) is 0.759. The van der Waals surface area contributed by atoms with Crippen molar-refractivity contribution in [2.75, 3.05) is 6.61 Å². The van der Waals surface area contributed by atoms with Crippen LogP contribution in [0.25, 0.3) is 0 Å². The number of halogens is 4. The Bertz CT molecular complexity index is 374. The minimum Gasteiger partial charge on any atom is -0.404 e. The van der Waals surface area contributed by atoms with Crippen LogP contribution in [0.3, 0.4) is 0 Å². The Morgan fingerprint density at radius 1 is 1.40 bits per heavy atom. The average Bonchev–Trinajstić information content (AvgIpc) is 2.89. The second-order valence-corrected chi connectivity index (χ2v) is 3.47. The van der Waals surface area contributed by atoms with Crippen LogP contribution in [0.1, 0.15) is 11.7 Å². The van der Waals surface area contributed by atoms with Crippen molar-refractivity contribution in [3.8, 4) is 5.75 Å². The molecule has 1 fully saturated rings. The van der Waals surface area contributed by atoms with Crippen molar-refractivity contribution in [1.29, 1.82) is 0 Å². The summed E-state index contributed by atoms with van der Waals surface area (Å²) in [6, 6.07) is 4.11. The number of hydrogen-bond acceptors (Lipinski definition) is 2. The minimum atomic E-state index is -4.72. The molecule has 1 atom stereocenters. The number of ether oxygens (including phenoxy) is 2. The van der Waals surface area contributed by atoms with Gasteiger partial charge in [-0.3, -0.25) is 0 Å². The third-order valence-corrected chi connectivity index (χ3v) is 2.18. The molecule has 0 aliphatic carbocycles. The first-order chi connectivity index (χ1) is 6.96. The fraction of sp³-hybridized carbons (Fsp3) is 0.333. The van der Waals surface area contributed by atoms with Gasteiger partial charge in [0.2, 0.25) is 0 Å². The predicted octanol–water partition coefficient (Wildman–Crippen LogP) is 3.31. The maximum atomic E-state index is 11.9. The van der Waals surface area contributed by atoms with Crippen molar-refractivity contribution < 1.29 is 22.6 Å². The van der Waals surface area contributed by atoms with E-state index in [4.69, 9.17) is 16.3 Å². The third kappa shape index (κ3) is 2.76. The van der Waals surface area contributed by atoms with Gasteiger partial charge in [0.15, 0.2) is 0 Å². The highest BCUT2D eigenvalue weighted by molar-refractivity contribution is 6.32. The summed E-state index contributed by atoms with van der Waals surface area (Å²) in [7, 11) is 0. The van der Waals surface area contributed by atoms with E-state index >= 15 is 0 Å². The van der Waals surface area contributed by atoms with Crippen LogP contribution in [0.5, 0.6) is 5.75 Å². The Labute approximate surface area is 88.5 Å². The second-order valence-electron chi connectivity index (χ2n) is 3.06. The van der Waals surface area contributed by atoms with Gasteiger partial charge in [0.1, 0.15) is 11.9 Å². The zero-order valence-electron chi connectivity index (χ0n) is 7.34. The van der Waals surface area contributed by atoms with Gasteiger partial charge in [-0.1, -0.05) is 17.7 Å². The van der Waals surface area contributed by atoms with E-state index in [9.17, 15) is 13.2 Å². The van der Waals surface area contributed by atoms with Crippen molar-refractivity contribution in [2.24, 2.45) is 0 Å². The van der Waals surface area contributed by atoms with Crippen LogP contribution in [0.15, 0.2) is 18.2 Å². The highest BCUT2D eigenvalue weighted by atomic mass is 35.5. The van der Waals surface area contributed by atoms with Crippen molar-refractivity contribution in [3.05, 3.63) is 28.8 Å². The molecule has 0 aromatic heterocycles. The molecule has 1 aliphatic rings. The maximum Gasteiger partial charge on any atom is 0.573 e. The summed E-state index contributed by atoms with van der Waals surface area (Å²) in [6.07, 6.45) is -4.76. The second kappa shape index (κ2) is 3.57. The zero-order chi connectivity index (χ0) is 11.1. The highest BCUT2D eigenvalue weighted by Crippen LogP contribution is 2.36. The first-order valence-electron chi connectivity index (χ1n) is 4.12. The summed E-state index contributed by atoms with van der Waals surface area (Å²) >= 11 is 5.63. The quantitative estimate of drug-likeness (QED) is 0.738. The molecule has 6 heteroatoms. The average molecular weight is 239 g/mol. The largest absolute Gasteiger partial charge is 0.573 e. The summed E-state index contributed by atoms with van der Waals surface area (Å²) in [5, 5.41) is -0.0691. The molecule has 1 saturated heterocycles. The van der Waals surface area contributed by atoms with Gasteiger partial charge in [-0.25, -0.2) is 0 Å². The molecule has 2 rings (SSSR count).